The highest BCUT2D eigenvalue weighted by Gasteiger charge is 2.35. The lowest BCUT2D eigenvalue weighted by atomic mass is 10.1. The number of carbonyl (C=O) groups is 2. The second-order valence-corrected chi connectivity index (χ2v) is 7.36. The Morgan fingerprint density at radius 3 is 2.28 bits per heavy atom. The lowest BCUT2D eigenvalue weighted by molar-refractivity contribution is -0.139. The van der Waals surface area contributed by atoms with E-state index in [0.717, 1.165) is 12.1 Å². The molecule has 0 aliphatic heterocycles. The van der Waals surface area contributed by atoms with Gasteiger partial charge >= 0.3 is 12.2 Å². The first-order chi connectivity index (χ1) is 15.1. The van der Waals surface area contributed by atoms with Gasteiger partial charge in [-0.15, -0.1) is 0 Å². The molecule has 166 valence electrons. The van der Waals surface area contributed by atoms with Gasteiger partial charge < -0.3 is 10.1 Å². The quantitative estimate of drug-likeness (QED) is 0.433. The van der Waals surface area contributed by atoms with Crippen molar-refractivity contribution in [3.63, 3.8) is 0 Å². The molecule has 0 aliphatic carbocycles. The average Bonchev–Trinajstić information content (AvgIpc) is 2.73. The molecule has 0 bridgehead atoms. The van der Waals surface area contributed by atoms with Crippen LogP contribution in [0.1, 0.15) is 21.5 Å². The number of imide groups is 1. The third-order valence-electron chi connectivity index (χ3n) is 4.20. The summed E-state index contributed by atoms with van der Waals surface area (Å²) < 4.78 is 45.9. The summed E-state index contributed by atoms with van der Waals surface area (Å²) in [5, 5.41) is 4.83. The maximum Gasteiger partial charge on any atom is 0.420 e. The highest BCUT2D eigenvalue weighted by atomic mass is 35.5. The first kappa shape index (κ1) is 23.4. The van der Waals surface area contributed by atoms with Crippen molar-refractivity contribution >= 4 is 40.8 Å². The van der Waals surface area contributed by atoms with Crippen molar-refractivity contribution in [3.8, 4) is 5.75 Å². The first-order valence-corrected chi connectivity index (χ1v) is 9.84. The highest BCUT2D eigenvalue weighted by molar-refractivity contribution is 6.34. The van der Waals surface area contributed by atoms with Crippen LogP contribution in [0.5, 0.6) is 5.75 Å². The Morgan fingerprint density at radius 2 is 1.62 bits per heavy atom. The van der Waals surface area contributed by atoms with Gasteiger partial charge in [0.15, 0.2) is 0 Å². The number of anilines is 1. The summed E-state index contributed by atoms with van der Waals surface area (Å²) in [6.07, 6.45) is -4.74. The van der Waals surface area contributed by atoms with Crippen LogP contribution in [0.25, 0.3) is 0 Å². The van der Waals surface area contributed by atoms with Crippen LogP contribution in [0, 0.1) is 0 Å². The van der Waals surface area contributed by atoms with Gasteiger partial charge in [-0.3, -0.25) is 10.1 Å². The number of ether oxygens (including phenoxy) is 1. The standard InChI is InChI=1S/C22H15Cl2F3N2O3/c23-14-7-5-13(6-8-14)12-32-19-10-9-15(11-17(19)22(25,26)27)28-21(31)29-20(30)16-3-1-2-4-18(16)24/h1-11H,12H2,(H2,28,29,30,31). The van der Waals surface area contributed by atoms with E-state index in [-0.39, 0.29) is 22.9 Å². The number of halogens is 5. The fraction of sp³-hybridized carbons (Fsp3) is 0.0909. The number of urea groups is 1. The van der Waals surface area contributed by atoms with Gasteiger partial charge in [0, 0.05) is 10.7 Å². The van der Waals surface area contributed by atoms with Gasteiger partial charge in [0.2, 0.25) is 0 Å². The van der Waals surface area contributed by atoms with Gasteiger partial charge in [-0.05, 0) is 48.0 Å². The second-order valence-electron chi connectivity index (χ2n) is 6.51. The van der Waals surface area contributed by atoms with E-state index >= 15 is 0 Å². The Hall–Kier alpha value is -3.23. The van der Waals surface area contributed by atoms with E-state index in [4.69, 9.17) is 27.9 Å². The van der Waals surface area contributed by atoms with Crippen LogP contribution in [-0.4, -0.2) is 11.9 Å². The van der Waals surface area contributed by atoms with Gasteiger partial charge in [-0.25, -0.2) is 4.79 Å². The molecule has 10 heteroatoms. The summed E-state index contributed by atoms with van der Waals surface area (Å²) in [4.78, 5) is 24.2. The topological polar surface area (TPSA) is 67.4 Å². The Morgan fingerprint density at radius 1 is 0.938 bits per heavy atom. The van der Waals surface area contributed by atoms with Gasteiger partial charge in [-0.2, -0.15) is 13.2 Å². The Labute approximate surface area is 191 Å². The molecule has 0 aromatic heterocycles. The summed E-state index contributed by atoms with van der Waals surface area (Å²) >= 11 is 11.7. The molecule has 0 fully saturated rings. The van der Waals surface area contributed by atoms with E-state index in [1.165, 1.54) is 18.2 Å². The molecule has 5 nitrogen and oxygen atoms in total. The predicted octanol–water partition coefficient (Wildman–Crippen LogP) is 6.55. The Bertz CT molecular complexity index is 1140. The number of hydrogen-bond acceptors (Lipinski definition) is 3. The van der Waals surface area contributed by atoms with Crippen LogP contribution in [-0.2, 0) is 12.8 Å². The van der Waals surface area contributed by atoms with Gasteiger partial charge in [0.1, 0.15) is 12.4 Å². The molecule has 3 rings (SSSR count). The monoisotopic (exact) mass is 482 g/mol. The number of hydrogen-bond donors (Lipinski definition) is 2. The van der Waals surface area contributed by atoms with Gasteiger partial charge in [-0.1, -0.05) is 47.5 Å². The largest absolute Gasteiger partial charge is 0.488 e. The minimum Gasteiger partial charge on any atom is -0.488 e. The minimum absolute atomic E-state index is 0.0474. The van der Waals surface area contributed by atoms with Crippen molar-refractivity contribution in [1.82, 2.24) is 5.32 Å². The second kappa shape index (κ2) is 9.93. The summed E-state index contributed by atoms with van der Waals surface area (Å²) in [6, 6.07) is 14.5. The predicted molar refractivity (Wildman–Crippen MR) is 115 cm³/mol. The number of amides is 3. The van der Waals surface area contributed by atoms with Crippen LogP contribution in [0.3, 0.4) is 0 Å². The van der Waals surface area contributed by atoms with Crippen molar-refractivity contribution in [1.29, 1.82) is 0 Å². The molecule has 3 amide bonds. The molecule has 0 saturated heterocycles. The van der Waals surface area contributed by atoms with Crippen molar-refractivity contribution in [2.45, 2.75) is 12.8 Å². The van der Waals surface area contributed by atoms with Crippen LogP contribution < -0.4 is 15.4 Å². The fourth-order valence-corrected chi connectivity index (χ4v) is 3.02. The Balaban J connectivity index is 1.72. The lowest BCUT2D eigenvalue weighted by Crippen LogP contribution is -2.34. The fourth-order valence-electron chi connectivity index (χ4n) is 2.67. The molecule has 3 aromatic carbocycles. The van der Waals surface area contributed by atoms with Crippen LogP contribution >= 0.6 is 23.2 Å². The summed E-state index contributed by atoms with van der Waals surface area (Å²) in [5.41, 5.74) is -0.587. The maximum atomic E-state index is 13.5. The zero-order valence-electron chi connectivity index (χ0n) is 16.2. The lowest BCUT2D eigenvalue weighted by Gasteiger charge is -2.16. The van der Waals surface area contributed by atoms with E-state index in [1.807, 2.05) is 5.32 Å². The molecule has 3 aromatic rings. The molecule has 0 saturated carbocycles. The summed E-state index contributed by atoms with van der Waals surface area (Å²) in [7, 11) is 0. The van der Waals surface area contributed by atoms with Crippen molar-refractivity contribution in [2.75, 3.05) is 5.32 Å². The normalized spacial score (nSPS) is 11.0. The molecular formula is C22H15Cl2F3N2O3. The van der Waals surface area contributed by atoms with Gasteiger partial charge in [0.25, 0.3) is 5.91 Å². The molecule has 0 radical (unpaired) electrons. The Kier molecular flexibility index (Phi) is 7.27. The molecular weight excluding hydrogens is 468 g/mol. The number of benzene rings is 3. The average molecular weight is 483 g/mol. The highest BCUT2D eigenvalue weighted by Crippen LogP contribution is 2.38. The van der Waals surface area contributed by atoms with E-state index < -0.39 is 29.4 Å². The smallest absolute Gasteiger partial charge is 0.420 e. The molecule has 0 unspecified atom stereocenters. The zero-order valence-corrected chi connectivity index (χ0v) is 17.7. The third-order valence-corrected chi connectivity index (χ3v) is 4.78. The zero-order chi connectivity index (χ0) is 23.3. The molecule has 32 heavy (non-hydrogen) atoms. The van der Waals surface area contributed by atoms with Crippen LogP contribution in [0.15, 0.2) is 66.7 Å². The SMILES string of the molecule is O=C(NC(=O)c1ccccc1Cl)Nc1ccc(OCc2ccc(Cl)cc2)c(C(F)(F)F)c1. The van der Waals surface area contributed by atoms with Crippen LogP contribution in [0.2, 0.25) is 10.0 Å². The van der Waals surface area contributed by atoms with Crippen molar-refractivity contribution < 1.29 is 27.5 Å². The summed E-state index contributed by atoms with van der Waals surface area (Å²) in [6.45, 7) is -0.111. The van der Waals surface area contributed by atoms with Crippen molar-refractivity contribution in [3.05, 3.63) is 93.5 Å². The number of carbonyl (C=O) groups excluding carboxylic acids is 2. The molecule has 0 spiro atoms. The van der Waals surface area contributed by atoms with Crippen LogP contribution in [0.4, 0.5) is 23.7 Å². The van der Waals surface area contributed by atoms with Crippen molar-refractivity contribution in [2.24, 2.45) is 0 Å². The number of alkyl halides is 3. The molecule has 0 atom stereocenters. The first-order valence-electron chi connectivity index (χ1n) is 9.09. The molecule has 2 N–H and O–H groups in total. The van der Waals surface area contributed by atoms with E-state index in [9.17, 15) is 22.8 Å². The van der Waals surface area contributed by atoms with Gasteiger partial charge in [0.05, 0.1) is 16.1 Å². The van der Waals surface area contributed by atoms with E-state index in [2.05, 4.69) is 5.32 Å². The number of rotatable bonds is 5. The minimum atomic E-state index is -4.74. The third kappa shape index (κ3) is 6.15. The number of nitrogens with one attached hydrogen (secondary N) is 2. The molecule has 0 heterocycles. The van der Waals surface area contributed by atoms with E-state index in [0.29, 0.717) is 10.6 Å². The maximum absolute atomic E-state index is 13.5. The van der Waals surface area contributed by atoms with E-state index in [1.54, 1.807) is 36.4 Å². The summed E-state index contributed by atoms with van der Waals surface area (Å²) in [5.74, 6) is -1.21. The molecule has 0 aliphatic rings.